The number of guanidine groups is 1. The van der Waals surface area contributed by atoms with Crippen LogP contribution in [0, 0.1) is 5.41 Å². The number of carbonyl (C=O) groups is 8. The Bertz CT molecular complexity index is 1190. The van der Waals surface area contributed by atoms with Crippen LogP contribution in [-0.4, -0.2) is 112 Å². The van der Waals surface area contributed by atoms with Gasteiger partial charge >= 0.3 is 5.97 Å². The summed E-state index contributed by atoms with van der Waals surface area (Å²) < 4.78 is 0. The van der Waals surface area contributed by atoms with Crippen molar-refractivity contribution in [2.45, 2.75) is 81.7 Å². The lowest BCUT2D eigenvalue weighted by molar-refractivity contribution is -0.142. The minimum atomic E-state index is -1.80. The standard InChI is InChI=1S/C25H45N11O9S2/c1-25(2,23(45)35-14(8-17(28)38)20(41)34-15(10-47)22(43)44)36-21(42)12(4-3-7-31-24(29)30)33-19(40)13(5-6-16(27)37)32-18(39)11(26)9-46/h11-15,46-47H,3-10,26H2,1-2H3,(H2,27,37)(H2,28,38)(H,32,39)(H,33,40)(H,34,41)(H,35,45)(H,36,42)(H,43,44)(H4,29,30,31)/t11-,12-,13-,14-,15-/m0/s1. The second-order valence-electron chi connectivity index (χ2n) is 10.8. The van der Waals surface area contributed by atoms with Crippen LogP contribution >= 0.6 is 25.3 Å². The molecule has 16 N–H and O–H groups in total. The van der Waals surface area contributed by atoms with Gasteiger partial charge in [0, 0.05) is 24.5 Å². The molecule has 20 nitrogen and oxygen atoms in total. The van der Waals surface area contributed by atoms with E-state index in [0.717, 1.165) is 0 Å². The summed E-state index contributed by atoms with van der Waals surface area (Å²) in [5.74, 6) is -8.46. The molecule has 7 amide bonds. The number of nitrogens with one attached hydrogen (secondary N) is 7. The van der Waals surface area contributed by atoms with E-state index in [4.69, 9.17) is 28.3 Å². The van der Waals surface area contributed by atoms with Gasteiger partial charge in [-0.1, -0.05) is 0 Å². The number of carbonyl (C=O) groups excluding carboxylic acids is 7. The molecule has 0 rings (SSSR count). The first-order chi connectivity index (χ1) is 21.7. The van der Waals surface area contributed by atoms with Crippen molar-refractivity contribution < 1.29 is 43.5 Å². The highest BCUT2D eigenvalue weighted by atomic mass is 32.1. The minimum Gasteiger partial charge on any atom is -0.480 e. The van der Waals surface area contributed by atoms with Gasteiger partial charge in [0.2, 0.25) is 41.4 Å². The summed E-state index contributed by atoms with van der Waals surface area (Å²) in [4.78, 5) is 99.2. The zero-order valence-corrected chi connectivity index (χ0v) is 27.7. The molecule has 0 aliphatic rings. The Morgan fingerprint density at radius 1 is 0.745 bits per heavy atom. The molecule has 266 valence electrons. The third-order valence-corrected chi connectivity index (χ3v) is 7.05. The first kappa shape index (κ1) is 42.7. The first-order valence-electron chi connectivity index (χ1n) is 14.1. The summed E-state index contributed by atoms with van der Waals surface area (Å²) in [5, 5.41) is 30.7. The highest BCUT2D eigenvalue weighted by Crippen LogP contribution is 2.09. The van der Waals surface area contributed by atoms with Gasteiger partial charge in [-0.2, -0.15) is 25.3 Å². The number of nitrogens with two attached hydrogens (primary N) is 4. The van der Waals surface area contributed by atoms with Crippen molar-refractivity contribution in [1.29, 1.82) is 5.41 Å². The maximum absolute atomic E-state index is 13.4. The summed E-state index contributed by atoms with van der Waals surface area (Å²) in [6.07, 6.45) is -1.15. The average Bonchev–Trinajstić information content (AvgIpc) is 2.97. The highest BCUT2D eigenvalue weighted by Gasteiger charge is 2.37. The number of rotatable bonds is 22. The second kappa shape index (κ2) is 20.7. The average molecular weight is 708 g/mol. The fraction of sp³-hybridized carbons (Fsp3) is 0.640. The molecule has 0 bridgehead atoms. The Balaban J connectivity index is 6.05. The quantitative estimate of drug-likeness (QED) is 0.0217. The molecule has 0 saturated carbocycles. The van der Waals surface area contributed by atoms with E-state index >= 15 is 0 Å². The van der Waals surface area contributed by atoms with Crippen molar-refractivity contribution in [3.63, 3.8) is 0 Å². The monoisotopic (exact) mass is 707 g/mol. The largest absolute Gasteiger partial charge is 0.480 e. The molecule has 0 radical (unpaired) electrons. The van der Waals surface area contributed by atoms with Crippen molar-refractivity contribution in [2.24, 2.45) is 22.9 Å². The summed E-state index contributed by atoms with van der Waals surface area (Å²) in [7, 11) is 0. The molecule has 0 aliphatic heterocycles. The molecule has 0 heterocycles. The number of carboxylic acid groups (broad SMARTS) is 1. The third-order valence-electron chi connectivity index (χ3n) is 6.29. The summed E-state index contributed by atoms with van der Waals surface area (Å²) >= 11 is 7.79. The van der Waals surface area contributed by atoms with Crippen LogP contribution in [0.2, 0.25) is 0 Å². The summed E-state index contributed by atoms with van der Waals surface area (Å²) in [5.41, 5.74) is 19.5. The minimum absolute atomic E-state index is 0.0569. The van der Waals surface area contributed by atoms with Gasteiger partial charge in [0.25, 0.3) is 0 Å². The van der Waals surface area contributed by atoms with Gasteiger partial charge < -0.3 is 59.9 Å². The molecule has 5 atom stereocenters. The fourth-order valence-electron chi connectivity index (χ4n) is 3.65. The zero-order valence-electron chi connectivity index (χ0n) is 26.0. The first-order valence-corrected chi connectivity index (χ1v) is 15.4. The fourth-order valence-corrected chi connectivity index (χ4v) is 4.06. The normalized spacial score (nSPS) is 14.1. The molecule has 0 saturated heterocycles. The lowest BCUT2D eigenvalue weighted by Crippen LogP contribution is -2.63. The van der Waals surface area contributed by atoms with Crippen LogP contribution in [0.15, 0.2) is 0 Å². The van der Waals surface area contributed by atoms with Crippen LogP contribution in [0.25, 0.3) is 0 Å². The summed E-state index contributed by atoms with van der Waals surface area (Å²) in [6.45, 7) is 2.61. The van der Waals surface area contributed by atoms with E-state index in [9.17, 15) is 43.5 Å². The molecule has 0 aromatic carbocycles. The van der Waals surface area contributed by atoms with Gasteiger partial charge in [0.05, 0.1) is 12.5 Å². The van der Waals surface area contributed by atoms with Crippen molar-refractivity contribution in [3.05, 3.63) is 0 Å². The molecule has 0 unspecified atom stereocenters. The van der Waals surface area contributed by atoms with Crippen molar-refractivity contribution in [1.82, 2.24) is 31.9 Å². The van der Waals surface area contributed by atoms with Gasteiger partial charge in [-0.05, 0) is 33.1 Å². The maximum atomic E-state index is 13.4. The molecule has 0 aromatic heterocycles. The molecule has 0 spiro atoms. The highest BCUT2D eigenvalue weighted by molar-refractivity contribution is 7.80. The number of hydrogen-bond donors (Lipinski definition) is 14. The van der Waals surface area contributed by atoms with Crippen LogP contribution in [0.5, 0.6) is 0 Å². The van der Waals surface area contributed by atoms with Gasteiger partial charge in [0.1, 0.15) is 29.7 Å². The third kappa shape index (κ3) is 16.7. The Hall–Kier alpha value is -4.31. The van der Waals surface area contributed by atoms with E-state index < -0.39 is 89.5 Å². The molecule has 0 aliphatic carbocycles. The Labute approximate surface area is 281 Å². The van der Waals surface area contributed by atoms with Crippen LogP contribution in [0.1, 0.15) is 46.0 Å². The second-order valence-corrected chi connectivity index (χ2v) is 11.5. The summed E-state index contributed by atoms with van der Waals surface area (Å²) in [6, 6.07) is -6.86. The van der Waals surface area contributed by atoms with E-state index in [-0.39, 0.29) is 49.7 Å². The van der Waals surface area contributed by atoms with Crippen LogP contribution in [0.3, 0.4) is 0 Å². The molecular formula is C25H45N11O9S2. The molecule has 22 heteroatoms. The number of amides is 7. The van der Waals surface area contributed by atoms with E-state index in [2.05, 4.69) is 57.2 Å². The van der Waals surface area contributed by atoms with E-state index in [1.165, 1.54) is 13.8 Å². The van der Waals surface area contributed by atoms with E-state index in [0.29, 0.717) is 0 Å². The predicted molar refractivity (Wildman–Crippen MR) is 175 cm³/mol. The predicted octanol–water partition coefficient (Wildman–Crippen LogP) is -5.50. The number of hydrogen-bond acceptors (Lipinski definition) is 12. The van der Waals surface area contributed by atoms with E-state index in [1.54, 1.807) is 0 Å². The smallest absolute Gasteiger partial charge is 0.327 e. The lowest BCUT2D eigenvalue weighted by Gasteiger charge is -2.30. The number of thiol groups is 2. The van der Waals surface area contributed by atoms with Gasteiger partial charge in [-0.3, -0.25) is 39.0 Å². The van der Waals surface area contributed by atoms with Crippen molar-refractivity contribution in [3.8, 4) is 0 Å². The van der Waals surface area contributed by atoms with Crippen LogP contribution < -0.4 is 54.8 Å². The van der Waals surface area contributed by atoms with Crippen LogP contribution in [0.4, 0.5) is 0 Å². The van der Waals surface area contributed by atoms with E-state index in [1.807, 2.05) is 0 Å². The van der Waals surface area contributed by atoms with Crippen LogP contribution in [-0.2, 0) is 38.4 Å². The Morgan fingerprint density at radius 3 is 1.77 bits per heavy atom. The van der Waals surface area contributed by atoms with Gasteiger partial charge in [-0.15, -0.1) is 0 Å². The van der Waals surface area contributed by atoms with Crippen molar-refractivity contribution >= 4 is 78.5 Å². The molecule has 0 aromatic rings. The maximum Gasteiger partial charge on any atom is 0.327 e. The SMILES string of the molecule is CC(C)(NC(=O)[C@H](CCCNC(=N)N)NC(=O)[C@H](CCC(N)=O)NC(=O)[C@@H](N)CS)C(=O)N[C@@H](CC(N)=O)C(=O)N[C@@H](CS)C(=O)O. The number of aliphatic carboxylic acids is 1. The molecule has 0 fully saturated rings. The van der Waals surface area contributed by atoms with Gasteiger partial charge in [-0.25, -0.2) is 4.79 Å². The number of carboxylic acids is 1. The zero-order chi connectivity index (χ0) is 36.5. The van der Waals surface area contributed by atoms with Gasteiger partial charge in [0.15, 0.2) is 5.96 Å². The number of primary amides is 2. The van der Waals surface area contributed by atoms with Crippen molar-refractivity contribution in [2.75, 3.05) is 18.1 Å². The topological polar surface area (TPSA) is 357 Å². The lowest BCUT2D eigenvalue weighted by atomic mass is 10.0. The molecule has 47 heavy (non-hydrogen) atoms. The Morgan fingerprint density at radius 2 is 1.28 bits per heavy atom. The molecular weight excluding hydrogens is 662 g/mol. The Kier molecular flexibility index (Phi) is 18.8.